The second-order valence-corrected chi connectivity index (χ2v) is 8.16. The topological polar surface area (TPSA) is 67.3 Å². The Morgan fingerprint density at radius 3 is 2.54 bits per heavy atom. The number of likely N-dealkylation sites (tertiary alicyclic amines) is 1. The third kappa shape index (κ3) is 5.40. The number of ether oxygens (including phenoxy) is 1. The summed E-state index contributed by atoms with van der Waals surface area (Å²) in [5, 5.41) is 2.60. The third-order valence-corrected chi connectivity index (χ3v) is 5.91. The minimum absolute atomic E-state index is 0.00833. The van der Waals surface area contributed by atoms with E-state index in [1.807, 2.05) is 0 Å². The van der Waals surface area contributed by atoms with Crippen LogP contribution in [0.25, 0.3) is 0 Å². The Morgan fingerprint density at radius 1 is 1.11 bits per heavy atom. The molecule has 1 aromatic carbocycles. The first-order chi connectivity index (χ1) is 16.7. The summed E-state index contributed by atoms with van der Waals surface area (Å²) in [6.07, 6.45) is 3.70. The van der Waals surface area contributed by atoms with Gasteiger partial charge in [-0.05, 0) is 48.9 Å². The molecule has 3 heterocycles. The number of pyridine rings is 2. The van der Waals surface area contributed by atoms with Crippen LogP contribution in [0.4, 0.5) is 27.8 Å². The lowest BCUT2D eigenvalue weighted by Crippen LogP contribution is -2.52. The van der Waals surface area contributed by atoms with Crippen LogP contribution in [-0.2, 0) is 4.79 Å². The molecule has 0 spiro atoms. The molecule has 11 heteroatoms. The van der Waals surface area contributed by atoms with Crippen LogP contribution in [0.1, 0.15) is 24.8 Å². The molecule has 2 aromatic heterocycles. The fraction of sp³-hybridized carbons (Fsp3) is 0.292. The van der Waals surface area contributed by atoms with Crippen LogP contribution in [0.2, 0.25) is 0 Å². The number of amides is 1. The summed E-state index contributed by atoms with van der Waals surface area (Å²) < 4.78 is 74.5. The van der Waals surface area contributed by atoms with E-state index in [2.05, 4.69) is 15.3 Å². The summed E-state index contributed by atoms with van der Waals surface area (Å²) in [4.78, 5) is 22.3. The second kappa shape index (κ2) is 9.95. The van der Waals surface area contributed by atoms with Crippen LogP contribution in [0.3, 0.4) is 0 Å². The van der Waals surface area contributed by atoms with E-state index < -0.39 is 47.0 Å². The fourth-order valence-corrected chi connectivity index (χ4v) is 3.85. The van der Waals surface area contributed by atoms with Crippen LogP contribution in [-0.4, -0.2) is 45.8 Å². The Bertz CT molecular complexity index is 1190. The van der Waals surface area contributed by atoms with Crippen molar-refractivity contribution in [3.63, 3.8) is 0 Å². The van der Waals surface area contributed by atoms with Gasteiger partial charge in [0.15, 0.2) is 17.4 Å². The van der Waals surface area contributed by atoms with Gasteiger partial charge in [-0.15, -0.1) is 0 Å². The average Bonchev–Trinajstić information content (AvgIpc) is 2.85. The largest absolute Gasteiger partial charge is 0.453 e. The predicted octanol–water partition coefficient (Wildman–Crippen LogP) is 5.14. The summed E-state index contributed by atoms with van der Waals surface area (Å²) >= 11 is 0. The van der Waals surface area contributed by atoms with E-state index in [0.717, 1.165) is 12.1 Å². The first-order valence-corrected chi connectivity index (χ1v) is 10.8. The number of piperidine rings is 1. The van der Waals surface area contributed by atoms with Gasteiger partial charge in [0.2, 0.25) is 11.7 Å². The molecule has 1 fully saturated rings. The second-order valence-electron chi connectivity index (χ2n) is 8.16. The molecular weight excluding hydrogens is 471 g/mol. The summed E-state index contributed by atoms with van der Waals surface area (Å²) in [6.45, 7) is 1.65. The van der Waals surface area contributed by atoms with Crippen molar-refractivity contribution in [2.24, 2.45) is 0 Å². The zero-order valence-corrected chi connectivity index (χ0v) is 18.5. The van der Waals surface area contributed by atoms with E-state index in [-0.39, 0.29) is 31.1 Å². The summed E-state index contributed by atoms with van der Waals surface area (Å²) in [5.74, 6) is -9.25. The molecular formula is C24H21F5N4O2. The standard InChI is InChI=1S/C24H21F5N4O2/c1-14(33-11-8-24(28,29)17(13-33)15-6-9-30-10-7-15)23(34)32-20-5-2-16(12-31-20)35-19-4-3-18(25)21(26)22(19)27/h2-7,9-10,12,14,17H,8,11,13H2,1H3,(H,31,32,34)/t14?,17-/m1/s1. The van der Waals surface area contributed by atoms with Gasteiger partial charge in [0.1, 0.15) is 11.6 Å². The van der Waals surface area contributed by atoms with Gasteiger partial charge in [-0.25, -0.2) is 22.5 Å². The van der Waals surface area contributed by atoms with E-state index >= 15 is 0 Å². The van der Waals surface area contributed by atoms with E-state index in [9.17, 15) is 26.7 Å². The molecule has 3 aromatic rings. The van der Waals surface area contributed by atoms with Crippen molar-refractivity contribution < 1.29 is 31.5 Å². The lowest BCUT2D eigenvalue weighted by Gasteiger charge is -2.40. The number of anilines is 1. The average molecular weight is 492 g/mol. The molecule has 1 N–H and O–H groups in total. The number of rotatable bonds is 6. The zero-order valence-electron chi connectivity index (χ0n) is 18.5. The van der Waals surface area contributed by atoms with Crippen LogP contribution < -0.4 is 10.1 Å². The van der Waals surface area contributed by atoms with Crippen LogP contribution in [0.15, 0.2) is 55.0 Å². The van der Waals surface area contributed by atoms with Gasteiger partial charge in [0, 0.05) is 31.9 Å². The maximum absolute atomic E-state index is 14.6. The number of carbonyl (C=O) groups is 1. The number of halogens is 5. The van der Waals surface area contributed by atoms with E-state index in [4.69, 9.17) is 4.74 Å². The first-order valence-electron chi connectivity index (χ1n) is 10.8. The van der Waals surface area contributed by atoms with E-state index in [0.29, 0.717) is 5.56 Å². The van der Waals surface area contributed by atoms with Crippen LogP contribution in [0.5, 0.6) is 11.5 Å². The predicted molar refractivity (Wildman–Crippen MR) is 117 cm³/mol. The van der Waals surface area contributed by atoms with Crippen LogP contribution in [0, 0.1) is 17.5 Å². The summed E-state index contributed by atoms with van der Waals surface area (Å²) in [5.41, 5.74) is 0.456. The van der Waals surface area contributed by atoms with Gasteiger partial charge < -0.3 is 10.1 Å². The number of hydrogen-bond acceptors (Lipinski definition) is 5. The lowest BCUT2D eigenvalue weighted by atomic mass is 9.87. The van der Waals surface area contributed by atoms with Crippen molar-refractivity contribution in [1.29, 1.82) is 0 Å². The Hall–Kier alpha value is -3.60. The number of alkyl halides is 2. The van der Waals surface area contributed by atoms with Crippen molar-refractivity contribution in [3.8, 4) is 11.5 Å². The lowest BCUT2D eigenvalue weighted by molar-refractivity contribution is -0.125. The van der Waals surface area contributed by atoms with Gasteiger partial charge in [0.25, 0.3) is 5.92 Å². The van der Waals surface area contributed by atoms with Gasteiger partial charge in [-0.3, -0.25) is 14.7 Å². The number of nitrogens with zero attached hydrogens (tertiary/aromatic N) is 3. The molecule has 1 aliphatic heterocycles. The number of benzene rings is 1. The van der Waals surface area contributed by atoms with Crippen LogP contribution >= 0.6 is 0 Å². The molecule has 1 aliphatic rings. The molecule has 0 aliphatic carbocycles. The fourth-order valence-electron chi connectivity index (χ4n) is 3.85. The minimum atomic E-state index is -2.90. The van der Waals surface area contributed by atoms with Crippen molar-refractivity contribution >= 4 is 11.7 Å². The molecule has 184 valence electrons. The molecule has 0 radical (unpaired) electrons. The van der Waals surface area contributed by atoms with E-state index in [1.165, 1.54) is 30.7 Å². The highest BCUT2D eigenvalue weighted by Crippen LogP contribution is 2.40. The quantitative estimate of drug-likeness (QED) is 0.382. The van der Waals surface area contributed by atoms with Crippen molar-refractivity contribution in [2.45, 2.75) is 31.2 Å². The normalized spacial score (nSPS) is 18.6. The summed E-state index contributed by atoms with van der Waals surface area (Å²) in [6, 6.07) is 6.78. The Morgan fingerprint density at radius 2 is 1.86 bits per heavy atom. The third-order valence-electron chi connectivity index (χ3n) is 5.91. The number of nitrogens with one attached hydrogen (secondary N) is 1. The van der Waals surface area contributed by atoms with E-state index in [1.54, 1.807) is 24.0 Å². The van der Waals surface area contributed by atoms with Crippen molar-refractivity contribution in [1.82, 2.24) is 14.9 Å². The molecule has 1 saturated heterocycles. The van der Waals surface area contributed by atoms with Gasteiger partial charge in [-0.2, -0.15) is 4.39 Å². The maximum Gasteiger partial charge on any atom is 0.257 e. The molecule has 1 amide bonds. The maximum atomic E-state index is 14.6. The van der Waals surface area contributed by atoms with Gasteiger partial charge in [0.05, 0.1) is 18.2 Å². The monoisotopic (exact) mass is 492 g/mol. The Labute approximate surface area is 197 Å². The van der Waals surface area contributed by atoms with Crippen molar-refractivity contribution in [2.75, 3.05) is 18.4 Å². The van der Waals surface area contributed by atoms with Crippen molar-refractivity contribution in [3.05, 3.63) is 78.0 Å². The zero-order chi connectivity index (χ0) is 25.2. The Balaban J connectivity index is 1.39. The molecule has 0 saturated carbocycles. The van der Waals surface area contributed by atoms with Gasteiger partial charge in [-0.1, -0.05) is 0 Å². The Kier molecular flexibility index (Phi) is 6.97. The molecule has 1 unspecified atom stereocenters. The molecule has 6 nitrogen and oxygen atoms in total. The smallest absolute Gasteiger partial charge is 0.257 e. The number of carbonyl (C=O) groups excluding carboxylic acids is 1. The number of hydrogen-bond donors (Lipinski definition) is 1. The highest BCUT2D eigenvalue weighted by Gasteiger charge is 2.46. The highest BCUT2D eigenvalue weighted by atomic mass is 19.3. The minimum Gasteiger partial charge on any atom is -0.453 e. The molecule has 2 atom stereocenters. The SMILES string of the molecule is CC(C(=O)Nc1ccc(Oc2ccc(F)c(F)c2F)cn1)N1CCC(F)(F)[C@@H](c2ccncc2)C1. The molecule has 0 bridgehead atoms. The number of aromatic nitrogens is 2. The molecule has 4 rings (SSSR count). The first kappa shape index (κ1) is 24.5. The summed E-state index contributed by atoms with van der Waals surface area (Å²) in [7, 11) is 0. The van der Waals surface area contributed by atoms with Gasteiger partial charge >= 0.3 is 0 Å². The highest BCUT2D eigenvalue weighted by molar-refractivity contribution is 5.93. The molecule has 35 heavy (non-hydrogen) atoms.